The van der Waals surface area contributed by atoms with Crippen LogP contribution < -0.4 is 13.8 Å². The fraction of sp³-hybridized carbons (Fsp3) is 0.217. The third-order valence-electron chi connectivity index (χ3n) is 4.88. The van der Waals surface area contributed by atoms with Crippen LogP contribution in [0.3, 0.4) is 0 Å². The van der Waals surface area contributed by atoms with Crippen LogP contribution in [0.1, 0.15) is 5.56 Å². The Hall–Kier alpha value is -3.26. The van der Waals surface area contributed by atoms with E-state index in [1.165, 1.54) is 19.2 Å². The normalized spacial score (nSPS) is 11.3. The third kappa shape index (κ3) is 4.74. The van der Waals surface area contributed by atoms with E-state index in [1.54, 1.807) is 13.0 Å². The minimum Gasteiger partial charge on any atom is -0.505 e. The number of ether oxygens (including phenoxy) is 1. The quantitative estimate of drug-likeness (QED) is 0.560. The molecule has 0 saturated heterocycles. The second-order valence-corrected chi connectivity index (χ2v) is 8.93. The lowest BCUT2D eigenvalue weighted by Crippen LogP contribution is -2.09. The van der Waals surface area contributed by atoms with E-state index in [2.05, 4.69) is 0 Å². The van der Waals surface area contributed by atoms with Crippen molar-refractivity contribution in [2.75, 3.05) is 32.4 Å². The molecule has 0 aliphatic heterocycles. The number of benzene rings is 3. The maximum absolute atomic E-state index is 14.1. The van der Waals surface area contributed by atoms with Gasteiger partial charge >= 0.3 is 10.1 Å². The van der Waals surface area contributed by atoms with E-state index >= 15 is 0 Å². The predicted molar refractivity (Wildman–Crippen MR) is 120 cm³/mol. The highest BCUT2D eigenvalue weighted by molar-refractivity contribution is 7.86. The van der Waals surface area contributed by atoms with Crippen LogP contribution in [0.4, 0.5) is 10.1 Å². The Bertz CT molecular complexity index is 1220. The Morgan fingerprint density at radius 3 is 2.13 bits per heavy atom. The summed E-state index contributed by atoms with van der Waals surface area (Å²) in [4.78, 5) is 1.97. The van der Waals surface area contributed by atoms with Gasteiger partial charge in [0.1, 0.15) is 5.75 Å². The van der Waals surface area contributed by atoms with Crippen LogP contribution in [0.25, 0.3) is 22.3 Å². The van der Waals surface area contributed by atoms with Crippen molar-refractivity contribution in [3.8, 4) is 39.5 Å². The summed E-state index contributed by atoms with van der Waals surface area (Å²) in [5, 5.41) is 9.54. The predicted octanol–water partition coefficient (Wildman–Crippen LogP) is 4.59. The second-order valence-electron chi connectivity index (χ2n) is 7.35. The van der Waals surface area contributed by atoms with Crippen molar-refractivity contribution < 1.29 is 26.8 Å². The molecule has 1 N–H and O–H groups in total. The largest absolute Gasteiger partial charge is 0.505 e. The van der Waals surface area contributed by atoms with Gasteiger partial charge in [0.25, 0.3) is 0 Å². The highest BCUT2D eigenvalue weighted by Crippen LogP contribution is 2.46. The minimum absolute atomic E-state index is 0.0404. The fourth-order valence-electron chi connectivity index (χ4n) is 3.32. The van der Waals surface area contributed by atoms with Gasteiger partial charge < -0.3 is 18.9 Å². The van der Waals surface area contributed by atoms with Gasteiger partial charge in [0.05, 0.1) is 18.9 Å². The summed E-state index contributed by atoms with van der Waals surface area (Å²) in [5.41, 5.74) is 3.69. The molecule has 0 aromatic heterocycles. The molecule has 3 rings (SSSR count). The highest BCUT2D eigenvalue weighted by atomic mass is 32.2. The molecule has 0 fully saturated rings. The summed E-state index contributed by atoms with van der Waals surface area (Å²) in [5.74, 6) is -1.01. The second kappa shape index (κ2) is 8.47. The first-order chi connectivity index (χ1) is 14.5. The van der Waals surface area contributed by atoms with Crippen molar-refractivity contribution in [1.82, 2.24) is 0 Å². The highest BCUT2D eigenvalue weighted by Gasteiger charge is 2.23. The van der Waals surface area contributed by atoms with Crippen LogP contribution in [0.15, 0.2) is 48.5 Å². The summed E-state index contributed by atoms with van der Waals surface area (Å²) >= 11 is 0. The lowest BCUT2D eigenvalue weighted by Gasteiger charge is -2.20. The van der Waals surface area contributed by atoms with Gasteiger partial charge in [-0.15, -0.1) is 0 Å². The number of phenolic OH excluding ortho intramolecular Hbond substituents is 1. The Labute approximate surface area is 181 Å². The Morgan fingerprint density at radius 1 is 1.00 bits per heavy atom. The number of phenols is 1. The zero-order chi connectivity index (χ0) is 22.9. The van der Waals surface area contributed by atoms with Gasteiger partial charge in [-0.25, -0.2) is 4.39 Å². The fourth-order valence-corrected chi connectivity index (χ4v) is 3.84. The van der Waals surface area contributed by atoms with Crippen LogP contribution in [0, 0.1) is 12.7 Å². The molecule has 0 radical (unpaired) electrons. The maximum Gasteiger partial charge on any atom is 0.306 e. The zero-order valence-corrected chi connectivity index (χ0v) is 18.7. The molecule has 0 heterocycles. The topological polar surface area (TPSA) is 76.1 Å². The molecule has 164 valence electrons. The van der Waals surface area contributed by atoms with Crippen LogP contribution in [-0.4, -0.2) is 41.0 Å². The number of hydrogen-bond acceptors (Lipinski definition) is 6. The first-order valence-corrected chi connectivity index (χ1v) is 11.2. The molecule has 0 saturated carbocycles. The van der Waals surface area contributed by atoms with E-state index in [4.69, 9.17) is 8.92 Å². The number of halogens is 1. The van der Waals surface area contributed by atoms with Crippen molar-refractivity contribution in [2.45, 2.75) is 6.92 Å². The Balaban J connectivity index is 2.31. The summed E-state index contributed by atoms with van der Waals surface area (Å²) in [6.07, 6.45) is 0.943. The number of nitrogens with zero attached hydrogens (tertiary/aromatic N) is 1. The van der Waals surface area contributed by atoms with E-state index in [1.807, 2.05) is 43.3 Å². The van der Waals surface area contributed by atoms with Gasteiger partial charge in [-0.1, -0.05) is 18.2 Å². The summed E-state index contributed by atoms with van der Waals surface area (Å²) in [6, 6.07) is 13.3. The average molecular weight is 446 g/mol. The molecule has 0 aliphatic carbocycles. The summed E-state index contributed by atoms with van der Waals surface area (Å²) in [6.45, 7) is 1.73. The van der Waals surface area contributed by atoms with E-state index in [-0.39, 0.29) is 11.3 Å². The SMILES string of the molecule is COc1cc(-c2ccc(N(C)C)cc2)c(C)c(OS(C)(=O)=O)c1-c1ccc(O)c(F)c1. The summed E-state index contributed by atoms with van der Waals surface area (Å²) < 4.78 is 49.0. The van der Waals surface area contributed by atoms with Crippen molar-refractivity contribution in [2.24, 2.45) is 0 Å². The third-order valence-corrected chi connectivity index (χ3v) is 5.35. The lowest BCUT2D eigenvalue weighted by atomic mass is 9.93. The molecule has 0 spiro atoms. The molecule has 0 unspecified atom stereocenters. The molecule has 8 heteroatoms. The Kier molecular flexibility index (Phi) is 6.13. The van der Waals surface area contributed by atoms with Crippen LogP contribution in [-0.2, 0) is 10.1 Å². The van der Waals surface area contributed by atoms with E-state index < -0.39 is 21.7 Å². The van der Waals surface area contributed by atoms with Gasteiger partial charge in [0.2, 0.25) is 0 Å². The van der Waals surface area contributed by atoms with Gasteiger partial charge in [-0.3, -0.25) is 0 Å². The van der Waals surface area contributed by atoms with Gasteiger partial charge in [0, 0.05) is 25.3 Å². The molecule has 3 aromatic carbocycles. The van der Waals surface area contributed by atoms with E-state index in [0.29, 0.717) is 22.4 Å². The number of aromatic hydroxyl groups is 1. The van der Waals surface area contributed by atoms with Crippen molar-refractivity contribution in [3.05, 3.63) is 59.9 Å². The van der Waals surface area contributed by atoms with E-state index in [9.17, 15) is 17.9 Å². The smallest absolute Gasteiger partial charge is 0.306 e. The number of rotatable bonds is 6. The molecule has 0 atom stereocenters. The maximum atomic E-state index is 14.1. The molecule has 0 aliphatic rings. The van der Waals surface area contributed by atoms with Crippen LogP contribution in [0.2, 0.25) is 0 Å². The first kappa shape index (κ1) is 22.4. The standard InChI is InChI=1S/C23H24FNO5S/c1-14-18(15-6-9-17(10-7-15)25(2)3)13-21(29-4)22(23(14)30-31(5,27)28)16-8-11-20(26)19(24)12-16/h6-13,26H,1-5H3. The van der Waals surface area contributed by atoms with Gasteiger partial charge in [-0.2, -0.15) is 8.42 Å². The van der Waals surface area contributed by atoms with Crippen molar-refractivity contribution in [3.63, 3.8) is 0 Å². The minimum atomic E-state index is -3.90. The van der Waals surface area contributed by atoms with Gasteiger partial charge in [0.15, 0.2) is 17.3 Å². The van der Waals surface area contributed by atoms with Gasteiger partial charge in [-0.05, 0) is 53.9 Å². The Morgan fingerprint density at radius 2 is 1.61 bits per heavy atom. The van der Waals surface area contributed by atoms with Crippen molar-refractivity contribution in [1.29, 1.82) is 0 Å². The number of methoxy groups -OCH3 is 1. The zero-order valence-electron chi connectivity index (χ0n) is 17.9. The van der Waals surface area contributed by atoms with Crippen LogP contribution >= 0.6 is 0 Å². The molecule has 31 heavy (non-hydrogen) atoms. The monoisotopic (exact) mass is 445 g/mol. The average Bonchev–Trinajstić information content (AvgIpc) is 2.70. The van der Waals surface area contributed by atoms with Crippen LogP contribution in [0.5, 0.6) is 17.2 Å². The summed E-state index contributed by atoms with van der Waals surface area (Å²) in [7, 11) is 1.42. The lowest BCUT2D eigenvalue weighted by molar-refractivity contribution is 0.413. The van der Waals surface area contributed by atoms with Crippen molar-refractivity contribution >= 4 is 15.8 Å². The number of hydrogen-bond donors (Lipinski definition) is 1. The molecular formula is C23H24FNO5S. The molecule has 0 amide bonds. The first-order valence-electron chi connectivity index (χ1n) is 9.39. The molecule has 6 nitrogen and oxygen atoms in total. The molecule has 0 bridgehead atoms. The van der Waals surface area contributed by atoms with E-state index in [0.717, 1.165) is 23.6 Å². The number of anilines is 1. The molecular weight excluding hydrogens is 421 g/mol. The molecule has 3 aromatic rings.